The van der Waals surface area contributed by atoms with Crippen molar-refractivity contribution in [2.24, 2.45) is 5.92 Å². The highest BCUT2D eigenvalue weighted by atomic mass is 16.1. The van der Waals surface area contributed by atoms with Crippen LogP contribution in [0.2, 0.25) is 0 Å². The predicted molar refractivity (Wildman–Crippen MR) is 71.3 cm³/mol. The number of hydrogen-bond acceptors (Lipinski definition) is 3. The van der Waals surface area contributed by atoms with E-state index in [9.17, 15) is 4.79 Å². The number of aromatic nitrogens is 2. The Morgan fingerprint density at radius 3 is 2.28 bits per heavy atom. The Kier molecular flexibility index (Phi) is 3.64. The van der Waals surface area contributed by atoms with Crippen LogP contribution in [0.5, 0.6) is 0 Å². The molecule has 18 heavy (non-hydrogen) atoms. The van der Waals surface area contributed by atoms with Crippen molar-refractivity contribution in [2.45, 2.75) is 51.9 Å². The number of carbonyl (C=O) groups is 1. The number of hydrogen-bond donors (Lipinski definition) is 1. The number of carbonyl (C=O) groups excluding carboxylic acids is 1. The lowest BCUT2D eigenvalue weighted by Gasteiger charge is -2.16. The lowest BCUT2D eigenvalue weighted by Crippen LogP contribution is -2.21. The Morgan fingerprint density at radius 2 is 1.78 bits per heavy atom. The fourth-order valence-corrected chi connectivity index (χ4v) is 2.21. The van der Waals surface area contributed by atoms with Crippen molar-refractivity contribution in [2.75, 3.05) is 5.32 Å². The second-order valence-corrected chi connectivity index (χ2v) is 6.02. The summed E-state index contributed by atoms with van der Waals surface area (Å²) >= 11 is 0. The van der Waals surface area contributed by atoms with Gasteiger partial charge in [-0.15, -0.1) is 0 Å². The van der Waals surface area contributed by atoms with E-state index in [1.165, 1.54) is 0 Å². The van der Waals surface area contributed by atoms with Gasteiger partial charge in [0, 0.05) is 11.3 Å². The van der Waals surface area contributed by atoms with Crippen LogP contribution in [-0.4, -0.2) is 15.9 Å². The first-order valence-corrected chi connectivity index (χ1v) is 6.60. The molecule has 0 aromatic carbocycles. The van der Waals surface area contributed by atoms with Crippen LogP contribution in [-0.2, 0) is 10.2 Å². The van der Waals surface area contributed by atoms with E-state index >= 15 is 0 Å². The Balaban J connectivity index is 2.00. The van der Waals surface area contributed by atoms with Crippen LogP contribution in [0.25, 0.3) is 0 Å². The first-order chi connectivity index (χ1) is 8.47. The van der Waals surface area contributed by atoms with Crippen molar-refractivity contribution in [3.63, 3.8) is 0 Å². The first-order valence-electron chi connectivity index (χ1n) is 6.60. The highest BCUT2D eigenvalue weighted by Crippen LogP contribution is 2.26. The van der Waals surface area contributed by atoms with E-state index in [0.29, 0.717) is 5.69 Å². The third-order valence-electron chi connectivity index (χ3n) is 3.32. The van der Waals surface area contributed by atoms with Crippen molar-refractivity contribution < 1.29 is 4.79 Å². The van der Waals surface area contributed by atoms with Gasteiger partial charge < -0.3 is 5.32 Å². The molecule has 98 valence electrons. The molecule has 0 radical (unpaired) electrons. The standard InChI is InChI=1S/C14H21N3O/c1-14(2,3)13-15-8-11(9-16-13)17-12(18)10-6-4-5-7-10/h8-10H,4-7H2,1-3H3,(H,17,18). The molecule has 1 amide bonds. The summed E-state index contributed by atoms with van der Waals surface area (Å²) in [6.45, 7) is 6.21. The summed E-state index contributed by atoms with van der Waals surface area (Å²) in [5.74, 6) is 1.08. The number of amides is 1. The Labute approximate surface area is 108 Å². The van der Waals surface area contributed by atoms with Gasteiger partial charge in [-0.1, -0.05) is 33.6 Å². The highest BCUT2D eigenvalue weighted by molar-refractivity contribution is 5.92. The maximum absolute atomic E-state index is 11.9. The second kappa shape index (κ2) is 5.04. The van der Waals surface area contributed by atoms with Gasteiger partial charge >= 0.3 is 0 Å². The van der Waals surface area contributed by atoms with Crippen LogP contribution in [0, 0.1) is 5.92 Å². The summed E-state index contributed by atoms with van der Waals surface area (Å²) < 4.78 is 0. The number of nitrogens with zero attached hydrogens (tertiary/aromatic N) is 2. The molecule has 1 aromatic heterocycles. The quantitative estimate of drug-likeness (QED) is 0.874. The van der Waals surface area contributed by atoms with Crippen molar-refractivity contribution >= 4 is 11.6 Å². The topological polar surface area (TPSA) is 54.9 Å². The molecule has 1 aliphatic carbocycles. The van der Waals surface area contributed by atoms with Crippen molar-refractivity contribution in [3.8, 4) is 0 Å². The maximum Gasteiger partial charge on any atom is 0.227 e. The normalized spacial score (nSPS) is 16.8. The van der Waals surface area contributed by atoms with E-state index in [1.807, 2.05) is 0 Å². The van der Waals surface area contributed by atoms with Gasteiger partial charge in [0.2, 0.25) is 5.91 Å². The molecule has 0 aliphatic heterocycles. The highest BCUT2D eigenvalue weighted by Gasteiger charge is 2.23. The molecule has 1 saturated carbocycles. The largest absolute Gasteiger partial charge is 0.323 e. The molecular formula is C14H21N3O. The zero-order chi connectivity index (χ0) is 13.2. The van der Waals surface area contributed by atoms with Crippen LogP contribution < -0.4 is 5.32 Å². The smallest absolute Gasteiger partial charge is 0.227 e. The molecular weight excluding hydrogens is 226 g/mol. The van der Waals surface area contributed by atoms with Crippen LogP contribution in [0.1, 0.15) is 52.3 Å². The van der Waals surface area contributed by atoms with Gasteiger partial charge in [0.05, 0.1) is 18.1 Å². The summed E-state index contributed by atoms with van der Waals surface area (Å²) in [5, 5.41) is 2.90. The van der Waals surface area contributed by atoms with Gasteiger partial charge in [0.15, 0.2) is 0 Å². The van der Waals surface area contributed by atoms with Crippen molar-refractivity contribution in [1.29, 1.82) is 0 Å². The predicted octanol–water partition coefficient (Wildman–Crippen LogP) is 2.90. The van der Waals surface area contributed by atoms with Crippen LogP contribution in [0.15, 0.2) is 12.4 Å². The molecule has 1 fully saturated rings. The average molecular weight is 247 g/mol. The molecule has 1 N–H and O–H groups in total. The van der Waals surface area contributed by atoms with Crippen LogP contribution >= 0.6 is 0 Å². The minimum absolute atomic E-state index is 0.0615. The molecule has 0 unspecified atom stereocenters. The van der Waals surface area contributed by atoms with Gasteiger partial charge in [-0.2, -0.15) is 0 Å². The molecule has 0 atom stereocenters. The van der Waals surface area contributed by atoms with Gasteiger partial charge in [-0.25, -0.2) is 9.97 Å². The lowest BCUT2D eigenvalue weighted by molar-refractivity contribution is -0.119. The molecule has 1 heterocycles. The van der Waals surface area contributed by atoms with E-state index in [0.717, 1.165) is 31.5 Å². The molecule has 0 spiro atoms. The zero-order valence-electron chi connectivity index (χ0n) is 11.4. The Hall–Kier alpha value is -1.45. The van der Waals surface area contributed by atoms with E-state index in [1.54, 1.807) is 12.4 Å². The summed E-state index contributed by atoms with van der Waals surface area (Å²) in [7, 11) is 0. The maximum atomic E-state index is 11.9. The molecule has 1 aromatic rings. The first kappa shape index (κ1) is 13.0. The van der Waals surface area contributed by atoms with Crippen LogP contribution in [0.3, 0.4) is 0 Å². The van der Waals surface area contributed by atoms with Crippen LogP contribution in [0.4, 0.5) is 5.69 Å². The second-order valence-electron chi connectivity index (χ2n) is 6.02. The minimum atomic E-state index is -0.0615. The molecule has 4 heteroatoms. The monoisotopic (exact) mass is 247 g/mol. The number of nitrogens with one attached hydrogen (secondary N) is 1. The summed E-state index contributed by atoms with van der Waals surface area (Å²) in [4.78, 5) is 20.5. The van der Waals surface area contributed by atoms with Gasteiger partial charge in [-0.3, -0.25) is 4.79 Å². The lowest BCUT2D eigenvalue weighted by atomic mass is 9.96. The summed E-state index contributed by atoms with van der Waals surface area (Å²) in [5.41, 5.74) is 0.633. The fraction of sp³-hybridized carbons (Fsp3) is 0.643. The van der Waals surface area contributed by atoms with E-state index in [-0.39, 0.29) is 17.2 Å². The zero-order valence-corrected chi connectivity index (χ0v) is 11.4. The molecule has 1 aliphatic rings. The van der Waals surface area contributed by atoms with Gasteiger partial charge in [0.25, 0.3) is 0 Å². The molecule has 0 saturated heterocycles. The van der Waals surface area contributed by atoms with Gasteiger partial charge in [0.1, 0.15) is 5.82 Å². The Morgan fingerprint density at radius 1 is 1.22 bits per heavy atom. The molecule has 0 bridgehead atoms. The number of anilines is 1. The molecule has 4 nitrogen and oxygen atoms in total. The van der Waals surface area contributed by atoms with Crippen molar-refractivity contribution in [3.05, 3.63) is 18.2 Å². The summed E-state index contributed by atoms with van der Waals surface area (Å²) in [6.07, 6.45) is 7.73. The fourth-order valence-electron chi connectivity index (χ4n) is 2.21. The van der Waals surface area contributed by atoms with E-state index in [4.69, 9.17) is 0 Å². The minimum Gasteiger partial charge on any atom is -0.323 e. The Bertz CT molecular complexity index is 414. The summed E-state index contributed by atoms with van der Waals surface area (Å²) in [6, 6.07) is 0. The van der Waals surface area contributed by atoms with E-state index in [2.05, 4.69) is 36.1 Å². The molecule has 2 rings (SSSR count). The van der Waals surface area contributed by atoms with E-state index < -0.39 is 0 Å². The van der Waals surface area contributed by atoms with Crippen molar-refractivity contribution in [1.82, 2.24) is 9.97 Å². The average Bonchev–Trinajstić information content (AvgIpc) is 2.82. The SMILES string of the molecule is CC(C)(C)c1ncc(NC(=O)C2CCCC2)cn1. The number of rotatable bonds is 2. The third kappa shape index (κ3) is 3.06. The van der Waals surface area contributed by atoms with Gasteiger partial charge in [-0.05, 0) is 12.8 Å². The third-order valence-corrected chi connectivity index (χ3v) is 3.32.